The van der Waals surface area contributed by atoms with Crippen LogP contribution in [-0.4, -0.2) is 26.4 Å². The Bertz CT molecular complexity index is 1510. The highest BCUT2D eigenvalue weighted by Crippen LogP contribution is 2.41. The molecule has 8 bridgehead atoms. The maximum atomic E-state index is 6.59. The second-order valence-corrected chi connectivity index (χ2v) is 13.8. The van der Waals surface area contributed by atoms with Gasteiger partial charge < -0.3 is 18.9 Å². The van der Waals surface area contributed by atoms with Crippen molar-refractivity contribution in [2.75, 3.05) is 26.4 Å². The molecule has 1 aliphatic rings. The smallest absolute Gasteiger partial charge is 0.126 e. The van der Waals surface area contributed by atoms with Crippen molar-refractivity contribution in [3.8, 4) is 23.0 Å². The van der Waals surface area contributed by atoms with Crippen LogP contribution in [0.15, 0.2) is 69.6 Å². The van der Waals surface area contributed by atoms with Gasteiger partial charge in [-0.2, -0.15) is 0 Å². The summed E-state index contributed by atoms with van der Waals surface area (Å²) in [6.45, 7) is 11.3. The molecule has 0 N–H and O–H groups in total. The third-order valence-electron chi connectivity index (χ3n) is 8.10. The number of halogens is 2. The Hall–Kier alpha value is -2.96. The molecule has 0 atom stereocenters. The fourth-order valence-corrected chi connectivity index (χ4v) is 7.27. The summed E-state index contributed by atoms with van der Waals surface area (Å²) in [6, 6.07) is 21.9. The van der Waals surface area contributed by atoms with Crippen molar-refractivity contribution >= 4 is 31.9 Å². The largest absolute Gasteiger partial charge is 0.493 e. The minimum atomic E-state index is 0.652. The summed E-state index contributed by atoms with van der Waals surface area (Å²) in [5.41, 5.74) is 9.21. The maximum absolute atomic E-state index is 6.59. The molecule has 6 heteroatoms. The number of benzene rings is 4. The van der Waals surface area contributed by atoms with E-state index in [0.717, 1.165) is 91.0 Å². The highest BCUT2D eigenvalue weighted by molar-refractivity contribution is 9.10. The van der Waals surface area contributed by atoms with Crippen molar-refractivity contribution in [2.45, 2.75) is 79.1 Å². The number of ether oxygens (including phenoxy) is 4. The van der Waals surface area contributed by atoms with Gasteiger partial charge >= 0.3 is 0 Å². The Morgan fingerprint density at radius 1 is 0.413 bits per heavy atom. The van der Waals surface area contributed by atoms with Gasteiger partial charge in [-0.05, 0) is 72.2 Å². The first-order chi connectivity index (χ1) is 22.4. The van der Waals surface area contributed by atoms with Gasteiger partial charge in [0, 0.05) is 56.9 Å². The van der Waals surface area contributed by atoms with Crippen molar-refractivity contribution in [1.29, 1.82) is 0 Å². The van der Waals surface area contributed by atoms with Crippen molar-refractivity contribution < 1.29 is 18.9 Å². The SMILES string of the molecule is CCCOc1c2cccc1Cc1cc(Br)cc(c1OCCC)Cc1cc(Br)cc(c1OCCC)Cc1cccc(c1OCCC)C2. The molecule has 5 rings (SSSR count). The predicted molar refractivity (Wildman–Crippen MR) is 196 cm³/mol. The molecule has 0 aliphatic heterocycles. The molecule has 0 aromatic heterocycles. The number of para-hydroxylation sites is 2. The molecular weight excluding hydrogens is 704 g/mol. The first-order valence-corrected chi connectivity index (χ1v) is 18.4. The van der Waals surface area contributed by atoms with Crippen molar-refractivity contribution in [1.82, 2.24) is 0 Å². The molecule has 0 radical (unpaired) electrons. The van der Waals surface area contributed by atoms with Gasteiger partial charge in [-0.15, -0.1) is 0 Å². The van der Waals surface area contributed by atoms with E-state index in [4.69, 9.17) is 18.9 Å². The number of fused-ring (bicyclic) bond motifs is 8. The minimum Gasteiger partial charge on any atom is -0.493 e. The van der Waals surface area contributed by atoms with Gasteiger partial charge in [0.2, 0.25) is 0 Å². The summed E-state index contributed by atoms with van der Waals surface area (Å²) in [4.78, 5) is 0. The van der Waals surface area contributed by atoms with Crippen LogP contribution in [0.2, 0.25) is 0 Å². The van der Waals surface area contributed by atoms with Gasteiger partial charge in [-0.3, -0.25) is 0 Å². The van der Waals surface area contributed by atoms with E-state index in [-0.39, 0.29) is 0 Å². The maximum Gasteiger partial charge on any atom is 0.126 e. The van der Waals surface area contributed by atoms with Crippen LogP contribution in [0, 0.1) is 0 Å². The molecule has 0 amide bonds. The molecule has 4 nitrogen and oxygen atoms in total. The summed E-state index contributed by atoms with van der Waals surface area (Å²) >= 11 is 7.70. The van der Waals surface area contributed by atoms with Crippen LogP contribution in [0.25, 0.3) is 0 Å². The topological polar surface area (TPSA) is 36.9 Å². The normalized spacial score (nSPS) is 12.5. The third-order valence-corrected chi connectivity index (χ3v) is 9.01. The van der Waals surface area contributed by atoms with Gasteiger partial charge in [-0.1, -0.05) is 96.0 Å². The molecule has 1 aliphatic carbocycles. The first-order valence-electron chi connectivity index (χ1n) is 16.8. The summed E-state index contributed by atoms with van der Waals surface area (Å²) in [5.74, 6) is 3.84. The number of hydrogen-bond donors (Lipinski definition) is 0. The minimum absolute atomic E-state index is 0.652. The molecule has 0 heterocycles. The Balaban J connectivity index is 1.79. The van der Waals surface area contributed by atoms with Crippen LogP contribution in [-0.2, 0) is 25.7 Å². The monoisotopic (exact) mass is 748 g/mol. The molecule has 46 heavy (non-hydrogen) atoms. The lowest BCUT2D eigenvalue weighted by Gasteiger charge is -2.23. The van der Waals surface area contributed by atoms with Crippen molar-refractivity contribution in [2.24, 2.45) is 0 Å². The Kier molecular flexibility index (Phi) is 12.5. The van der Waals surface area contributed by atoms with E-state index in [9.17, 15) is 0 Å². The highest BCUT2D eigenvalue weighted by atomic mass is 79.9. The molecular formula is C40H46Br2O4. The number of rotatable bonds is 12. The van der Waals surface area contributed by atoms with Crippen LogP contribution in [0.4, 0.5) is 0 Å². The lowest BCUT2D eigenvalue weighted by atomic mass is 9.91. The molecule has 0 spiro atoms. The Morgan fingerprint density at radius 2 is 0.652 bits per heavy atom. The van der Waals surface area contributed by atoms with E-state index in [1.54, 1.807) is 0 Å². The molecule has 0 unspecified atom stereocenters. The average molecular weight is 751 g/mol. The second kappa shape index (κ2) is 16.7. The third kappa shape index (κ3) is 8.30. The number of hydrogen-bond acceptors (Lipinski definition) is 4. The lowest BCUT2D eigenvalue weighted by molar-refractivity contribution is 0.304. The summed E-state index contributed by atoms with van der Waals surface area (Å²) < 4.78 is 28.4. The second-order valence-electron chi connectivity index (χ2n) is 12.0. The van der Waals surface area contributed by atoms with Gasteiger partial charge in [0.1, 0.15) is 23.0 Å². The van der Waals surface area contributed by atoms with Gasteiger partial charge in [0.15, 0.2) is 0 Å². The van der Waals surface area contributed by atoms with Crippen LogP contribution in [0.5, 0.6) is 23.0 Å². The molecule has 0 saturated carbocycles. The molecule has 0 fully saturated rings. The van der Waals surface area contributed by atoms with Gasteiger partial charge in [0.05, 0.1) is 26.4 Å². The molecule has 0 saturated heterocycles. The fraction of sp³-hybridized carbons (Fsp3) is 0.400. The highest BCUT2D eigenvalue weighted by Gasteiger charge is 2.22. The Labute approximate surface area is 292 Å². The lowest BCUT2D eigenvalue weighted by Crippen LogP contribution is -2.10. The molecule has 4 aromatic rings. The standard InChI is InChI=1S/C40H46Br2O4/c1-5-15-43-37-27-11-9-13-29(37)20-31-23-35(41)25-33(39(31)45-17-7-3)22-34-26-36(42)24-32(40(34)46-18-8-4)21-30-14-10-12-28(19-27)38(30)44-16-6-2/h9-14,23-26H,5-8,15-22H2,1-4H3. The average Bonchev–Trinajstić information content (AvgIpc) is 3.03. The van der Waals surface area contributed by atoms with Crippen LogP contribution in [0.1, 0.15) is 97.9 Å². The predicted octanol–water partition coefficient (Wildman–Crippen LogP) is 11.0. The summed E-state index contributed by atoms with van der Waals surface area (Å²) in [7, 11) is 0. The zero-order valence-electron chi connectivity index (χ0n) is 27.6. The zero-order chi connectivity index (χ0) is 32.5. The van der Waals surface area contributed by atoms with Gasteiger partial charge in [0.25, 0.3) is 0 Å². The van der Waals surface area contributed by atoms with Gasteiger partial charge in [-0.25, -0.2) is 0 Å². The quantitative estimate of drug-likeness (QED) is 0.127. The van der Waals surface area contributed by atoms with E-state index >= 15 is 0 Å². The van der Waals surface area contributed by atoms with Crippen LogP contribution >= 0.6 is 31.9 Å². The summed E-state index contributed by atoms with van der Waals surface area (Å²) in [5, 5.41) is 0. The van der Waals surface area contributed by atoms with Crippen molar-refractivity contribution in [3.05, 3.63) is 114 Å². The summed E-state index contributed by atoms with van der Waals surface area (Å²) in [6.07, 6.45) is 6.52. The van der Waals surface area contributed by atoms with E-state index in [2.05, 4.69) is 120 Å². The molecule has 244 valence electrons. The van der Waals surface area contributed by atoms with E-state index in [0.29, 0.717) is 52.1 Å². The van der Waals surface area contributed by atoms with E-state index in [1.165, 1.54) is 11.1 Å². The zero-order valence-corrected chi connectivity index (χ0v) is 30.8. The van der Waals surface area contributed by atoms with E-state index in [1.807, 2.05) is 0 Å². The van der Waals surface area contributed by atoms with E-state index < -0.39 is 0 Å². The first kappa shape index (κ1) is 34.4. The Morgan fingerprint density at radius 3 is 0.935 bits per heavy atom. The van der Waals surface area contributed by atoms with Crippen LogP contribution in [0.3, 0.4) is 0 Å². The van der Waals surface area contributed by atoms with Crippen molar-refractivity contribution in [3.63, 3.8) is 0 Å². The molecule has 4 aromatic carbocycles. The van der Waals surface area contributed by atoms with Crippen LogP contribution < -0.4 is 18.9 Å². The fourth-order valence-electron chi connectivity index (χ4n) is 6.16.